The molecule has 1 aromatic heterocycles. The summed E-state index contributed by atoms with van der Waals surface area (Å²) >= 11 is 0. The van der Waals surface area contributed by atoms with E-state index in [-0.39, 0.29) is 24.8 Å². The van der Waals surface area contributed by atoms with Gasteiger partial charge in [0.25, 0.3) is 0 Å². The van der Waals surface area contributed by atoms with Crippen LogP contribution in [-0.4, -0.2) is 31.1 Å². The van der Waals surface area contributed by atoms with Crippen LogP contribution in [0.5, 0.6) is 0 Å². The van der Waals surface area contributed by atoms with Gasteiger partial charge in [-0.15, -0.1) is 24.8 Å². The summed E-state index contributed by atoms with van der Waals surface area (Å²) in [6.45, 7) is 8.88. The average Bonchev–Trinajstić information content (AvgIpc) is 2.89. The minimum Gasteiger partial charge on any atom is -0.464 e. The second-order valence-corrected chi connectivity index (χ2v) is 5.10. The Morgan fingerprint density at radius 1 is 1.20 bits per heavy atom. The minimum atomic E-state index is 0. The first-order valence-electron chi connectivity index (χ1n) is 7.38. The Morgan fingerprint density at radius 2 is 1.90 bits per heavy atom. The Labute approximate surface area is 135 Å². The molecule has 1 aliphatic rings. The molecule has 0 amide bonds. The number of halogens is 2. The van der Waals surface area contributed by atoms with Crippen molar-refractivity contribution in [1.29, 1.82) is 0 Å². The highest BCUT2D eigenvalue weighted by Gasteiger charge is 2.24. The van der Waals surface area contributed by atoms with Gasteiger partial charge in [0.1, 0.15) is 11.5 Å². The van der Waals surface area contributed by atoms with Gasteiger partial charge in [0, 0.05) is 32.6 Å². The van der Waals surface area contributed by atoms with E-state index in [2.05, 4.69) is 36.2 Å². The molecule has 0 saturated carbocycles. The zero-order chi connectivity index (χ0) is 12.8. The number of piperazine rings is 1. The SMILES string of the molecule is CCCC[C@H](c1ccc(CC)o1)N1CCNCC1.Cl.Cl. The summed E-state index contributed by atoms with van der Waals surface area (Å²) in [4.78, 5) is 2.57. The van der Waals surface area contributed by atoms with Gasteiger partial charge in [-0.3, -0.25) is 4.90 Å². The van der Waals surface area contributed by atoms with E-state index < -0.39 is 0 Å². The van der Waals surface area contributed by atoms with Crippen LogP contribution >= 0.6 is 24.8 Å². The molecule has 1 fully saturated rings. The van der Waals surface area contributed by atoms with Crippen LogP contribution in [0.15, 0.2) is 16.5 Å². The molecule has 20 heavy (non-hydrogen) atoms. The van der Waals surface area contributed by atoms with Crippen molar-refractivity contribution in [3.05, 3.63) is 23.7 Å². The first-order valence-corrected chi connectivity index (χ1v) is 7.38. The van der Waals surface area contributed by atoms with Crippen molar-refractivity contribution >= 4 is 24.8 Å². The van der Waals surface area contributed by atoms with Crippen LogP contribution < -0.4 is 5.32 Å². The quantitative estimate of drug-likeness (QED) is 0.863. The molecule has 0 aliphatic carbocycles. The molecule has 1 aliphatic heterocycles. The van der Waals surface area contributed by atoms with Crippen molar-refractivity contribution in [3.8, 4) is 0 Å². The third-order valence-corrected chi connectivity index (χ3v) is 3.78. The largest absolute Gasteiger partial charge is 0.464 e. The number of rotatable bonds is 6. The highest BCUT2D eigenvalue weighted by molar-refractivity contribution is 5.85. The van der Waals surface area contributed by atoms with Gasteiger partial charge >= 0.3 is 0 Å². The van der Waals surface area contributed by atoms with Crippen LogP contribution in [0, 0.1) is 0 Å². The van der Waals surface area contributed by atoms with Crippen LogP contribution in [0.2, 0.25) is 0 Å². The summed E-state index contributed by atoms with van der Waals surface area (Å²) in [6.07, 6.45) is 4.73. The summed E-state index contributed by atoms with van der Waals surface area (Å²) in [5.41, 5.74) is 0. The summed E-state index contributed by atoms with van der Waals surface area (Å²) in [5.74, 6) is 2.28. The van der Waals surface area contributed by atoms with Gasteiger partial charge in [-0.25, -0.2) is 0 Å². The molecule has 2 rings (SSSR count). The van der Waals surface area contributed by atoms with Crippen LogP contribution in [0.1, 0.15) is 50.7 Å². The lowest BCUT2D eigenvalue weighted by Crippen LogP contribution is -2.45. The summed E-state index contributed by atoms with van der Waals surface area (Å²) < 4.78 is 5.98. The zero-order valence-electron chi connectivity index (χ0n) is 12.6. The molecular formula is C15H28Cl2N2O. The van der Waals surface area contributed by atoms with Crippen LogP contribution in [0.3, 0.4) is 0 Å². The molecule has 118 valence electrons. The predicted molar refractivity (Wildman–Crippen MR) is 89.3 cm³/mol. The van der Waals surface area contributed by atoms with Crippen LogP contribution in [0.4, 0.5) is 0 Å². The van der Waals surface area contributed by atoms with E-state index in [1.165, 1.54) is 25.0 Å². The van der Waals surface area contributed by atoms with Crippen molar-refractivity contribution in [2.45, 2.75) is 45.6 Å². The topological polar surface area (TPSA) is 28.4 Å². The zero-order valence-corrected chi connectivity index (χ0v) is 14.2. The summed E-state index contributed by atoms with van der Waals surface area (Å²) in [5, 5.41) is 3.42. The Hall–Kier alpha value is -0.220. The van der Waals surface area contributed by atoms with Crippen molar-refractivity contribution in [1.82, 2.24) is 10.2 Å². The molecule has 3 nitrogen and oxygen atoms in total. The van der Waals surface area contributed by atoms with Gasteiger partial charge in [-0.1, -0.05) is 26.7 Å². The Bertz CT molecular complexity index is 351. The number of nitrogens with zero attached hydrogens (tertiary/aromatic N) is 1. The number of hydrogen-bond acceptors (Lipinski definition) is 3. The molecule has 1 N–H and O–H groups in total. The molecule has 1 aromatic rings. The molecule has 0 unspecified atom stereocenters. The van der Waals surface area contributed by atoms with E-state index in [1.807, 2.05) is 0 Å². The van der Waals surface area contributed by atoms with Gasteiger partial charge in [0.2, 0.25) is 0 Å². The molecule has 0 bridgehead atoms. The van der Waals surface area contributed by atoms with E-state index in [9.17, 15) is 0 Å². The maximum Gasteiger partial charge on any atom is 0.121 e. The molecule has 1 saturated heterocycles. The monoisotopic (exact) mass is 322 g/mol. The van der Waals surface area contributed by atoms with E-state index in [0.29, 0.717) is 6.04 Å². The fraction of sp³-hybridized carbons (Fsp3) is 0.733. The van der Waals surface area contributed by atoms with E-state index in [1.54, 1.807) is 0 Å². The van der Waals surface area contributed by atoms with E-state index in [4.69, 9.17) is 4.42 Å². The van der Waals surface area contributed by atoms with E-state index in [0.717, 1.165) is 38.4 Å². The van der Waals surface area contributed by atoms with Gasteiger partial charge in [-0.2, -0.15) is 0 Å². The number of furan rings is 1. The smallest absolute Gasteiger partial charge is 0.121 e. The van der Waals surface area contributed by atoms with Crippen molar-refractivity contribution in [2.75, 3.05) is 26.2 Å². The lowest BCUT2D eigenvalue weighted by molar-refractivity contribution is 0.143. The lowest BCUT2D eigenvalue weighted by atomic mass is 10.0. The Kier molecular flexibility index (Phi) is 10.4. The van der Waals surface area contributed by atoms with Crippen LogP contribution in [-0.2, 0) is 6.42 Å². The first-order chi connectivity index (χ1) is 8.85. The maximum atomic E-state index is 5.98. The highest BCUT2D eigenvalue weighted by Crippen LogP contribution is 2.28. The molecule has 0 radical (unpaired) electrons. The minimum absolute atomic E-state index is 0. The van der Waals surface area contributed by atoms with Crippen LogP contribution in [0.25, 0.3) is 0 Å². The second kappa shape index (κ2) is 10.5. The number of nitrogens with one attached hydrogen (secondary N) is 1. The summed E-state index contributed by atoms with van der Waals surface area (Å²) in [6, 6.07) is 4.80. The van der Waals surface area contributed by atoms with Gasteiger partial charge in [-0.05, 0) is 18.6 Å². The molecular weight excluding hydrogens is 295 g/mol. The Morgan fingerprint density at radius 3 is 2.45 bits per heavy atom. The average molecular weight is 323 g/mol. The van der Waals surface area contributed by atoms with E-state index >= 15 is 0 Å². The number of aryl methyl sites for hydroxylation is 1. The maximum absolute atomic E-state index is 5.98. The van der Waals surface area contributed by atoms with Gasteiger partial charge < -0.3 is 9.73 Å². The summed E-state index contributed by atoms with van der Waals surface area (Å²) in [7, 11) is 0. The molecule has 2 heterocycles. The highest BCUT2D eigenvalue weighted by atomic mass is 35.5. The fourth-order valence-electron chi connectivity index (χ4n) is 2.66. The van der Waals surface area contributed by atoms with Gasteiger partial charge in [0.15, 0.2) is 0 Å². The lowest BCUT2D eigenvalue weighted by Gasteiger charge is -2.33. The predicted octanol–water partition coefficient (Wildman–Crippen LogP) is 3.82. The third kappa shape index (κ3) is 5.28. The molecule has 0 aromatic carbocycles. The van der Waals surface area contributed by atoms with Crippen molar-refractivity contribution < 1.29 is 4.42 Å². The molecule has 1 atom stereocenters. The number of hydrogen-bond donors (Lipinski definition) is 1. The molecule has 5 heteroatoms. The standard InChI is InChI=1S/C15H26N2O.2ClH/c1-3-5-6-14(17-11-9-16-10-12-17)15-8-7-13(4-2)18-15;;/h7-8,14,16H,3-6,9-12H2,1-2H3;2*1H/t14-;;/m1../s1. The molecule has 0 spiro atoms. The van der Waals surface area contributed by atoms with Crippen molar-refractivity contribution in [2.24, 2.45) is 0 Å². The van der Waals surface area contributed by atoms with Crippen molar-refractivity contribution in [3.63, 3.8) is 0 Å². The second-order valence-electron chi connectivity index (χ2n) is 5.10. The van der Waals surface area contributed by atoms with Gasteiger partial charge in [0.05, 0.1) is 6.04 Å². The first kappa shape index (κ1) is 19.8. The third-order valence-electron chi connectivity index (χ3n) is 3.78. The number of unbranched alkanes of at least 4 members (excludes halogenated alkanes) is 1. The Balaban J connectivity index is 0.00000180. The normalized spacial score (nSPS) is 17.1. The fourth-order valence-corrected chi connectivity index (χ4v) is 2.66.